The molecular formula is C17H18N2O3. The maximum absolute atomic E-state index is 12.4. The van der Waals surface area contributed by atoms with Gasteiger partial charge in [-0.05, 0) is 29.3 Å². The minimum Gasteiger partial charge on any atom is -0.493 e. The van der Waals surface area contributed by atoms with Gasteiger partial charge in [0.05, 0.1) is 14.2 Å². The first-order chi connectivity index (χ1) is 10.5. The van der Waals surface area contributed by atoms with E-state index in [4.69, 9.17) is 14.7 Å². The summed E-state index contributed by atoms with van der Waals surface area (Å²) in [5.41, 5.74) is 2.63. The third-order valence-corrected chi connectivity index (χ3v) is 3.40. The van der Waals surface area contributed by atoms with Gasteiger partial charge >= 0.3 is 0 Å². The first kappa shape index (κ1) is 15.6. The highest BCUT2D eigenvalue weighted by molar-refractivity contribution is 6.14. The van der Waals surface area contributed by atoms with E-state index in [0.717, 1.165) is 11.1 Å². The van der Waals surface area contributed by atoms with Crippen LogP contribution in [0.25, 0.3) is 6.08 Å². The van der Waals surface area contributed by atoms with Crippen LogP contribution in [0.3, 0.4) is 0 Å². The van der Waals surface area contributed by atoms with E-state index in [1.54, 1.807) is 39.3 Å². The van der Waals surface area contributed by atoms with Gasteiger partial charge in [0.2, 0.25) is 5.78 Å². The highest BCUT2D eigenvalue weighted by Crippen LogP contribution is 2.36. The van der Waals surface area contributed by atoms with E-state index in [0.29, 0.717) is 23.5 Å². The Morgan fingerprint density at radius 1 is 1.27 bits per heavy atom. The number of ketones is 1. The summed E-state index contributed by atoms with van der Waals surface area (Å²) in [4.78, 5) is 14.1. The molecule has 2 rings (SSSR count). The van der Waals surface area contributed by atoms with E-state index in [9.17, 15) is 4.79 Å². The minimum atomic E-state index is -0.245. The highest BCUT2D eigenvalue weighted by Gasteiger charge is 2.23. The zero-order valence-electron chi connectivity index (χ0n) is 13.1. The monoisotopic (exact) mass is 298 g/mol. The molecule has 5 nitrogen and oxygen atoms in total. The molecule has 22 heavy (non-hydrogen) atoms. The van der Waals surface area contributed by atoms with Gasteiger partial charge in [0.25, 0.3) is 0 Å². The fraction of sp³-hybridized carbons (Fsp3) is 0.294. The maximum Gasteiger partial charge on any atom is 0.201 e. The molecule has 0 saturated carbocycles. The number of rotatable bonds is 5. The van der Waals surface area contributed by atoms with Gasteiger partial charge in [-0.25, -0.2) is 0 Å². The Hall–Kier alpha value is -2.74. The Balaban J connectivity index is 2.34. The quantitative estimate of drug-likeness (QED) is 0.616. The molecule has 0 saturated heterocycles. The van der Waals surface area contributed by atoms with Gasteiger partial charge in [0.15, 0.2) is 11.5 Å². The molecule has 0 aromatic heterocycles. The van der Waals surface area contributed by atoms with Crippen LogP contribution in [-0.2, 0) is 11.2 Å². The van der Waals surface area contributed by atoms with Crippen LogP contribution in [0.1, 0.15) is 11.1 Å². The number of nitriles is 1. The number of hydrogen-bond acceptors (Lipinski definition) is 5. The summed E-state index contributed by atoms with van der Waals surface area (Å²) >= 11 is 0. The number of carbonyl (C=O) groups is 1. The summed E-state index contributed by atoms with van der Waals surface area (Å²) in [5, 5.41) is 9.15. The summed E-state index contributed by atoms with van der Waals surface area (Å²) in [6.07, 6.45) is 3.83. The van der Waals surface area contributed by atoms with Crippen molar-refractivity contribution in [2.45, 2.75) is 6.42 Å². The van der Waals surface area contributed by atoms with Gasteiger partial charge in [0.1, 0.15) is 11.6 Å². The van der Waals surface area contributed by atoms with Crippen LogP contribution in [0.4, 0.5) is 0 Å². The summed E-state index contributed by atoms with van der Waals surface area (Å²) in [5.74, 6) is 1.01. The number of methoxy groups -OCH3 is 2. The van der Waals surface area contributed by atoms with Crippen LogP contribution in [0.2, 0.25) is 0 Å². The largest absolute Gasteiger partial charge is 0.493 e. The molecule has 0 amide bonds. The molecule has 0 fully saturated rings. The number of benzene rings is 1. The highest BCUT2D eigenvalue weighted by atomic mass is 16.5. The zero-order valence-corrected chi connectivity index (χ0v) is 13.1. The number of allylic oxidation sites excluding steroid dienone is 2. The molecule has 1 aromatic carbocycles. The smallest absolute Gasteiger partial charge is 0.201 e. The van der Waals surface area contributed by atoms with Crippen LogP contribution in [0.15, 0.2) is 29.5 Å². The number of nitrogens with zero attached hydrogens (tertiary/aromatic N) is 2. The van der Waals surface area contributed by atoms with E-state index >= 15 is 0 Å². The molecule has 0 spiro atoms. The molecule has 0 aliphatic heterocycles. The molecule has 0 radical (unpaired) electrons. The van der Waals surface area contributed by atoms with Gasteiger partial charge < -0.3 is 14.4 Å². The molecule has 1 aliphatic rings. The van der Waals surface area contributed by atoms with Crippen molar-refractivity contribution < 1.29 is 14.3 Å². The SMILES string of the molecule is COc1cc2c(cc1OC)CC(C(=O)C(C#N)=CN(C)C)=C2. The number of carbonyl (C=O) groups excluding carboxylic acids is 1. The minimum absolute atomic E-state index is 0.128. The van der Waals surface area contributed by atoms with Crippen LogP contribution < -0.4 is 9.47 Å². The second kappa shape index (κ2) is 6.35. The second-order valence-corrected chi connectivity index (χ2v) is 5.20. The van der Waals surface area contributed by atoms with Crippen molar-refractivity contribution in [3.63, 3.8) is 0 Å². The average Bonchev–Trinajstić information content (AvgIpc) is 2.92. The van der Waals surface area contributed by atoms with Crippen molar-refractivity contribution in [2.75, 3.05) is 28.3 Å². The lowest BCUT2D eigenvalue weighted by Crippen LogP contribution is -2.10. The Morgan fingerprint density at radius 2 is 1.91 bits per heavy atom. The van der Waals surface area contributed by atoms with Crippen molar-refractivity contribution in [1.29, 1.82) is 5.26 Å². The zero-order chi connectivity index (χ0) is 16.3. The molecular weight excluding hydrogens is 280 g/mol. The van der Waals surface area contributed by atoms with Crippen LogP contribution >= 0.6 is 0 Å². The van der Waals surface area contributed by atoms with Crippen molar-refractivity contribution in [3.05, 3.63) is 40.6 Å². The Morgan fingerprint density at radius 3 is 2.45 bits per heavy atom. The summed E-state index contributed by atoms with van der Waals surface area (Å²) in [7, 11) is 6.70. The lowest BCUT2D eigenvalue weighted by atomic mass is 10.0. The normalized spacial score (nSPS) is 13.0. The number of ether oxygens (including phenoxy) is 2. The molecule has 114 valence electrons. The van der Waals surface area contributed by atoms with Crippen LogP contribution in [-0.4, -0.2) is 39.0 Å². The van der Waals surface area contributed by atoms with Gasteiger partial charge in [0, 0.05) is 32.3 Å². The molecule has 0 atom stereocenters. The third-order valence-electron chi connectivity index (χ3n) is 3.40. The van der Waals surface area contributed by atoms with Crippen LogP contribution in [0, 0.1) is 11.3 Å². The summed E-state index contributed by atoms with van der Waals surface area (Å²) in [6, 6.07) is 5.67. The van der Waals surface area contributed by atoms with E-state index in [1.807, 2.05) is 18.2 Å². The van der Waals surface area contributed by atoms with Crippen molar-refractivity contribution in [2.24, 2.45) is 0 Å². The lowest BCUT2D eigenvalue weighted by molar-refractivity contribution is -0.111. The Bertz CT molecular complexity index is 709. The van der Waals surface area contributed by atoms with E-state index in [1.165, 1.54) is 6.20 Å². The van der Waals surface area contributed by atoms with Gasteiger partial charge in [-0.15, -0.1) is 0 Å². The Labute approximate surface area is 130 Å². The fourth-order valence-corrected chi connectivity index (χ4v) is 2.38. The van der Waals surface area contributed by atoms with Gasteiger partial charge in [-0.3, -0.25) is 4.79 Å². The van der Waals surface area contributed by atoms with E-state index in [2.05, 4.69) is 0 Å². The predicted molar refractivity (Wildman–Crippen MR) is 83.6 cm³/mol. The first-order valence-electron chi connectivity index (χ1n) is 6.78. The molecule has 5 heteroatoms. The standard InChI is InChI=1S/C17H18N2O3/c1-19(2)10-14(9-18)17(20)13-5-11-7-15(21-3)16(22-4)8-12(11)6-13/h5,7-8,10H,6H2,1-4H3. The fourth-order valence-electron chi connectivity index (χ4n) is 2.38. The molecule has 1 aliphatic carbocycles. The van der Waals surface area contributed by atoms with Gasteiger partial charge in [-0.2, -0.15) is 5.26 Å². The number of hydrogen-bond donors (Lipinski definition) is 0. The number of fused-ring (bicyclic) bond motifs is 1. The third kappa shape index (κ3) is 2.96. The predicted octanol–water partition coefficient (Wildman–Crippen LogP) is 2.18. The average molecular weight is 298 g/mol. The molecule has 0 bridgehead atoms. The molecule has 0 heterocycles. The van der Waals surface area contributed by atoms with E-state index in [-0.39, 0.29) is 11.4 Å². The topological polar surface area (TPSA) is 62.6 Å². The second-order valence-electron chi connectivity index (χ2n) is 5.20. The van der Waals surface area contributed by atoms with Crippen molar-refractivity contribution in [1.82, 2.24) is 4.90 Å². The van der Waals surface area contributed by atoms with Crippen molar-refractivity contribution in [3.8, 4) is 17.6 Å². The van der Waals surface area contributed by atoms with Crippen molar-refractivity contribution >= 4 is 11.9 Å². The van der Waals surface area contributed by atoms with E-state index < -0.39 is 0 Å². The van der Waals surface area contributed by atoms with Crippen LogP contribution in [0.5, 0.6) is 11.5 Å². The maximum atomic E-state index is 12.4. The number of Topliss-reactive ketones (excluding diaryl/α,β-unsaturated/α-hetero) is 1. The van der Waals surface area contributed by atoms with Gasteiger partial charge in [-0.1, -0.05) is 0 Å². The summed E-state index contributed by atoms with van der Waals surface area (Å²) in [6.45, 7) is 0. The molecule has 1 aromatic rings. The Kier molecular flexibility index (Phi) is 4.52. The first-order valence-corrected chi connectivity index (χ1v) is 6.78. The summed E-state index contributed by atoms with van der Waals surface area (Å²) < 4.78 is 10.5. The molecule has 0 unspecified atom stereocenters. The molecule has 0 N–H and O–H groups in total. The lowest BCUT2D eigenvalue weighted by Gasteiger charge is -2.09.